The van der Waals surface area contributed by atoms with Gasteiger partial charge in [0.05, 0.1) is 0 Å². The van der Waals surface area contributed by atoms with Crippen LogP contribution in [0.3, 0.4) is 0 Å². The number of rotatable bonds is 30. The first-order valence-electron chi connectivity index (χ1n) is 17.4. The Kier molecular flexibility index (Phi) is 27.4. The minimum absolute atomic E-state index is 0.554. The monoisotopic (exact) mass is 525 g/mol. The zero-order valence-electron chi connectivity index (χ0n) is 26.3. The second-order valence-electron chi connectivity index (χ2n) is 12.9. The Morgan fingerprint density at radius 3 is 1.05 bits per heavy atom. The van der Waals surface area contributed by atoms with Gasteiger partial charge < -0.3 is 10.2 Å². The number of hydrogen-bond donors (Lipinski definition) is 2. The average Bonchev–Trinajstić information content (AvgIpc) is 2.86. The molecule has 0 saturated carbocycles. The molecule has 0 spiro atoms. The molecule has 0 aromatic carbocycles. The maximum Gasteiger partial charge on any atom is 0.162 e. The van der Waals surface area contributed by atoms with Crippen molar-refractivity contribution in [1.29, 1.82) is 0 Å². The zero-order chi connectivity index (χ0) is 27.5. The van der Waals surface area contributed by atoms with Crippen molar-refractivity contribution in [3.63, 3.8) is 0 Å². The minimum Gasteiger partial charge on any atom is -0.366 e. The maximum absolute atomic E-state index is 10.3. The number of unbranched alkanes of at least 4 members (excludes halogenated alkanes) is 20. The van der Waals surface area contributed by atoms with E-state index in [2.05, 4.69) is 27.7 Å². The first-order chi connectivity index (χ1) is 17.9. The Morgan fingerprint density at radius 2 is 0.676 bits per heavy atom. The summed E-state index contributed by atoms with van der Waals surface area (Å²) < 4.78 is 0. The highest BCUT2D eigenvalue weighted by atomic mass is 16.5. The summed E-state index contributed by atoms with van der Waals surface area (Å²) in [4.78, 5) is 0. The summed E-state index contributed by atoms with van der Waals surface area (Å²) in [6.07, 6.45) is 35.5. The molecule has 2 atom stereocenters. The van der Waals surface area contributed by atoms with Gasteiger partial charge in [0.2, 0.25) is 0 Å². The molecule has 0 aliphatic carbocycles. The second kappa shape index (κ2) is 27.5. The van der Waals surface area contributed by atoms with Crippen LogP contribution in [-0.2, 0) is 0 Å². The van der Waals surface area contributed by atoms with Crippen LogP contribution in [0.4, 0.5) is 0 Å². The first-order valence-corrected chi connectivity index (χ1v) is 17.4. The Hall–Kier alpha value is -0.0800. The van der Waals surface area contributed by atoms with Crippen LogP contribution in [0.5, 0.6) is 0 Å². The third-order valence-electron chi connectivity index (χ3n) is 8.56. The lowest BCUT2D eigenvalue weighted by molar-refractivity contribution is -0.172. The molecular formula is C35H72O2. The van der Waals surface area contributed by atoms with Crippen LogP contribution in [-0.4, -0.2) is 16.0 Å². The van der Waals surface area contributed by atoms with E-state index in [9.17, 15) is 10.2 Å². The first kappa shape index (κ1) is 36.9. The van der Waals surface area contributed by atoms with E-state index in [1.54, 1.807) is 0 Å². The molecule has 2 nitrogen and oxygen atoms in total. The third kappa shape index (κ3) is 28.7. The van der Waals surface area contributed by atoms with Crippen LogP contribution >= 0.6 is 0 Å². The quantitative estimate of drug-likeness (QED) is 0.0724. The summed E-state index contributed by atoms with van der Waals surface area (Å²) in [5, 5.41) is 20.6. The molecule has 0 aromatic heterocycles. The molecule has 37 heavy (non-hydrogen) atoms. The van der Waals surface area contributed by atoms with Gasteiger partial charge in [-0.3, -0.25) is 0 Å². The molecule has 0 radical (unpaired) electrons. The summed E-state index contributed by atoms with van der Waals surface area (Å²) in [6.45, 7) is 9.45. The predicted molar refractivity (Wildman–Crippen MR) is 166 cm³/mol. The van der Waals surface area contributed by atoms with E-state index >= 15 is 0 Å². The van der Waals surface area contributed by atoms with Crippen molar-refractivity contribution in [3.8, 4) is 0 Å². The van der Waals surface area contributed by atoms with Crippen LogP contribution in [0.2, 0.25) is 0 Å². The highest BCUT2D eigenvalue weighted by Gasteiger charge is 2.21. The predicted octanol–water partition coefficient (Wildman–Crippen LogP) is 11.9. The van der Waals surface area contributed by atoms with Gasteiger partial charge in [0, 0.05) is 12.8 Å². The summed E-state index contributed by atoms with van der Waals surface area (Å²) in [5.41, 5.74) is 0. The lowest BCUT2D eigenvalue weighted by Gasteiger charge is -2.21. The molecule has 2 unspecified atom stereocenters. The van der Waals surface area contributed by atoms with Crippen molar-refractivity contribution in [2.45, 2.75) is 213 Å². The maximum atomic E-state index is 10.3. The Labute approximate surface area is 235 Å². The zero-order valence-corrected chi connectivity index (χ0v) is 26.3. The van der Waals surface area contributed by atoms with Gasteiger partial charge in [0.15, 0.2) is 5.79 Å². The molecule has 0 bridgehead atoms. The lowest BCUT2D eigenvalue weighted by Crippen LogP contribution is -2.27. The molecule has 0 heterocycles. The molecule has 0 aromatic rings. The highest BCUT2D eigenvalue weighted by molar-refractivity contribution is 4.66. The van der Waals surface area contributed by atoms with Crippen LogP contribution in [0.1, 0.15) is 207 Å². The molecule has 0 saturated heterocycles. The summed E-state index contributed by atoms with van der Waals surface area (Å²) in [5.74, 6) is 0.333. The van der Waals surface area contributed by atoms with E-state index in [0.717, 1.165) is 37.5 Å². The fourth-order valence-electron chi connectivity index (χ4n) is 6.00. The van der Waals surface area contributed by atoms with Gasteiger partial charge in [-0.1, -0.05) is 175 Å². The van der Waals surface area contributed by atoms with E-state index < -0.39 is 5.79 Å². The molecule has 0 fully saturated rings. The van der Waals surface area contributed by atoms with Crippen LogP contribution in [0, 0.1) is 11.8 Å². The van der Waals surface area contributed by atoms with Crippen molar-refractivity contribution in [2.24, 2.45) is 11.8 Å². The highest BCUT2D eigenvalue weighted by Crippen LogP contribution is 2.24. The molecule has 2 N–H and O–H groups in total. The van der Waals surface area contributed by atoms with Crippen LogP contribution in [0.25, 0.3) is 0 Å². The molecule has 0 amide bonds. The summed E-state index contributed by atoms with van der Waals surface area (Å²) >= 11 is 0. The van der Waals surface area contributed by atoms with Gasteiger partial charge in [0.25, 0.3) is 0 Å². The van der Waals surface area contributed by atoms with Crippen LogP contribution < -0.4 is 0 Å². The summed E-state index contributed by atoms with van der Waals surface area (Å²) in [7, 11) is 0. The second-order valence-corrected chi connectivity index (χ2v) is 12.9. The molecular weight excluding hydrogens is 452 g/mol. The standard InChI is InChI=1S/C35H72O2/c1-5-7-9-10-11-12-13-14-15-16-17-19-22-26-30-35(36,37)31-27-23-20-18-21-25-29-34(4)32-33(3)28-24-8-6-2/h33-34,36-37H,5-32H2,1-4H3. The van der Waals surface area contributed by atoms with Gasteiger partial charge >= 0.3 is 0 Å². The van der Waals surface area contributed by atoms with Gasteiger partial charge in [0.1, 0.15) is 0 Å². The SMILES string of the molecule is CCCCCCCCCCCCCCCCC(O)(O)CCCCCCCCC(C)CC(C)CCCCC. The molecule has 2 heteroatoms. The van der Waals surface area contributed by atoms with Gasteiger partial charge in [-0.2, -0.15) is 0 Å². The fourth-order valence-corrected chi connectivity index (χ4v) is 6.00. The van der Waals surface area contributed by atoms with E-state index in [1.165, 1.54) is 141 Å². The van der Waals surface area contributed by atoms with E-state index in [1.807, 2.05) is 0 Å². The molecule has 224 valence electrons. The fraction of sp³-hybridized carbons (Fsp3) is 1.00. The van der Waals surface area contributed by atoms with Crippen molar-refractivity contribution in [3.05, 3.63) is 0 Å². The number of aliphatic hydroxyl groups is 2. The normalized spacial score (nSPS) is 13.8. The smallest absolute Gasteiger partial charge is 0.162 e. The van der Waals surface area contributed by atoms with E-state index in [0.29, 0.717) is 12.8 Å². The summed E-state index contributed by atoms with van der Waals surface area (Å²) in [6, 6.07) is 0. The van der Waals surface area contributed by atoms with Crippen molar-refractivity contribution in [2.75, 3.05) is 0 Å². The number of hydrogen-bond acceptors (Lipinski definition) is 2. The van der Waals surface area contributed by atoms with Crippen LogP contribution in [0.15, 0.2) is 0 Å². The van der Waals surface area contributed by atoms with Crippen molar-refractivity contribution < 1.29 is 10.2 Å². The van der Waals surface area contributed by atoms with Crippen molar-refractivity contribution in [1.82, 2.24) is 0 Å². The molecule has 0 aliphatic heterocycles. The lowest BCUT2D eigenvalue weighted by atomic mass is 9.89. The van der Waals surface area contributed by atoms with Gasteiger partial charge in [-0.05, 0) is 31.1 Å². The topological polar surface area (TPSA) is 40.5 Å². The minimum atomic E-state index is -1.43. The Bertz CT molecular complexity index is 433. The molecule has 0 rings (SSSR count). The largest absolute Gasteiger partial charge is 0.366 e. The Balaban J connectivity index is 3.42. The van der Waals surface area contributed by atoms with E-state index in [4.69, 9.17) is 0 Å². The Morgan fingerprint density at radius 1 is 0.405 bits per heavy atom. The van der Waals surface area contributed by atoms with Gasteiger partial charge in [-0.15, -0.1) is 0 Å². The van der Waals surface area contributed by atoms with Crippen molar-refractivity contribution >= 4 is 0 Å². The molecule has 0 aliphatic rings. The average molecular weight is 525 g/mol. The van der Waals surface area contributed by atoms with E-state index in [-0.39, 0.29) is 0 Å². The third-order valence-corrected chi connectivity index (χ3v) is 8.56. The van der Waals surface area contributed by atoms with Gasteiger partial charge in [-0.25, -0.2) is 0 Å².